The Kier molecular flexibility index (Phi) is 8.76. The molecule has 0 radical (unpaired) electrons. The molecule has 0 saturated heterocycles. The lowest BCUT2D eigenvalue weighted by atomic mass is 10.0. The number of hydrogen-bond acceptors (Lipinski definition) is 5. The van der Waals surface area contributed by atoms with Crippen molar-refractivity contribution in [3.8, 4) is 17.2 Å². The molecule has 1 aromatic carbocycles. The number of esters is 1. The average molecular weight is 336 g/mol. The second kappa shape index (κ2) is 10.6. The van der Waals surface area contributed by atoms with Gasteiger partial charge < -0.3 is 18.9 Å². The van der Waals surface area contributed by atoms with Crippen LogP contribution in [-0.2, 0) is 9.53 Å². The number of carbonyl (C=O) groups excluding carboxylic acids is 1. The molecular formula is C19H28O5. The molecule has 1 aromatic rings. The SMILES string of the molecule is CCC(C)CCC(=O)OC/C=C/c1cc(OC)c(OC)c(OC)c1. The molecule has 0 N–H and O–H groups in total. The van der Waals surface area contributed by atoms with Crippen molar-refractivity contribution in [2.45, 2.75) is 33.1 Å². The lowest BCUT2D eigenvalue weighted by molar-refractivity contribution is -0.142. The number of benzene rings is 1. The van der Waals surface area contributed by atoms with Crippen LogP contribution in [-0.4, -0.2) is 33.9 Å². The molecule has 0 fully saturated rings. The number of carbonyl (C=O) groups is 1. The molecule has 0 aliphatic heterocycles. The Bertz CT molecular complexity index is 526. The molecular weight excluding hydrogens is 308 g/mol. The van der Waals surface area contributed by atoms with Crippen LogP contribution in [0.3, 0.4) is 0 Å². The van der Waals surface area contributed by atoms with Crippen molar-refractivity contribution in [3.05, 3.63) is 23.8 Å². The van der Waals surface area contributed by atoms with Crippen LogP contribution >= 0.6 is 0 Å². The van der Waals surface area contributed by atoms with Crippen LogP contribution in [0.2, 0.25) is 0 Å². The molecule has 0 saturated carbocycles. The van der Waals surface area contributed by atoms with E-state index in [4.69, 9.17) is 18.9 Å². The third kappa shape index (κ3) is 6.14. The van der Waals surface area contributed by atoms with Crippen molar-refractivity contribution >= 4 is 12.0 Å². The smallest absolute Gasteiger partial charge is 0.306 e. The minimum absolute atomic E-state index is 0.162. The molecule has 1 atom stereocenters. The summed E-state index contributed by atoms with van der Waals surface area (Å²) in [6.07, 6.45) is 6.06. The van der Waals surface area contributed by atoms with E-state index in [0.29, 0.717) is 29.6 Å². The molecule has 0 heterocycles. The van der Waals surface area contributed by atoms with Crippen molar-refractivity contribution in [2.75, 3.05) is 27.9 Å². The lowest BCUT2D eigenvalue weighted by Crippen LogP contribution is -2.06. The molecule has 0 aliphatic rings. The summed E-state index contributed by atoms with van der Waals surface area (Å²) >= 11 is 0. The Morgan fingerprint density at radius 2 is 1.75 bits per heavy atom. The van der Waals surface area contributed by atoms with Gasteiger partial charge in [0.2, 0.25) is 5.75 Å². The predicted molar refractivity (Wildman–Crippen MR) is 94.8 cm³/mol. The second-order valence-electron chi connectivity index (χ2n) is 5.60. The first kappa shape index (κ1) is 19.9. The van der Waals surface area contributed by atoms with Gasteiger partial charge in [-0.3, -0.25) is 4.79 Å². The minimum atomic E-state index is -0.162. The third-order valence-corrected chi connectivity index (χ3v) is 3.88. The van der Waals surface area contributed by atoms with E-state index < -0.39 is 0 Å². The van der Waals surface area contributed by atoms with Gasteiger partial charge in [-0.15, -0.1) is 0 Å². The maximum Gasteiger partial charge on any atom is 0.306 e. The van der Waals surface area contributed by atoms with Crippen LogP contribution < -0.4 is 14.2 Å². The normalized spacial score (nSPS) is 12.0. The fourth-order valence-corrected chi connectivity index (χ4v) is 2.16. The predicted octanol–water partition coefficient (Wildman–Crippen LogP) is 4.10. The quantitative estimate of drug-likeness (QED) is 0.602. The highest BCUT2D eigenvalue weighted by atomic mass is 16.5. The van der Waals surface area contributed by atoms with Crippen molar-refractivity contribution in [3.63, 3.8) is 0 Å². The van der Waals surface area contributed by atoms with E-state index in [-0.39, 0.29) is 12.6 Å². The van der Waals surface area contributed by atoms with Gasteiger partial charge in [-0.05, 0) is 36.1 Å². The number of methoxy groups -OCH3 is 3. The minimum Gasteiger partial charge on any atom is -0.493 e. The van der Waals surface area contributed by atoms with Crippen molar-refractivity contribution in [1.82, 2.24) is 0 Å². The zero-order valence-electron chi connectivity index (χ0n) is 15.3. The Labute approximate surface area is 144 Å². The first-order chi connectivity index (χ1) is 11.5. The van der Waals surface area contributed by atoms with Gasteiger partial charge in [0.15, 0.2) is 11.5 Å². The molecule has 0 amide bonds. The van der Waals surface area contributed by atoms with Crippen LogP contribution in [0.4, 0.5) is 0 Å². The van der Waals surface area contributed by atoms with Gasteiger partial charge >= 0.3 is 5.97 Å². The molecule has 5 nitrogen and oxygen atoms in total. The van der Waals surface area contributed by atoms with Crippen molar-refractivity contribution in [2.24, 2.45) is 5.92 Å². The maximum atomic E-state index is 11.6. The van der Waals surface area contributed by atoms with Gasteiger partial charge in [-0.2, -0.15) is 0 Å². The zero-order chi connectivity index (χ0) is 17.9. The Morgan fingerprint density at radius 3 is 2.25 bits per heavy atom. The molecule has 0 spiro atoms. The summed E-state index contributed by atoms with van der Waals surface area (Å²) in [5, 5.41) is 0. The van der Waals surface area contributed by atoms with Crippen LogP contribution in [0.1, 0.15) is 38.7 Å². The van der Waals surface area contributed by atoms with Crippen molar-refractivity contribution in [1.29, 1.82) is 0 Å². The molecule has 1 unspecified atom stereocenters. The molecule has 1 rings (SSSR count). The first-order valence-corrected chi connectivity index (χ1v) is 8.17. The largest absolute Gasteiger partial charge is 0.493 e. The highest BCUT2D eigenvalue weighted by molar-refractivity contribution is 5.69. The summed E-state index contributed by atoms with van der Waals surface area (Å²) in [7, 11) is 4.71. The van der Waals surface area contributed by atoms with E-state index in [0.717, 1.165) is 18.4 Å². The van der Waals surface area contributed by atoms with Crippen LogP contribution in [0.15, 0.2) is 18.2 Å². The Morgan fingerprint density at radius 1 is 1.12 bits per heavy atom. The van der Waals surface area contributed by atoms with E-state index in [1.165, 1.54) is 0 Å². The molecule has 0 aromatic heterocycles. The van der Waals surface area contributed by atoms with Gasteiger partial charge in [0.25, 0.3) is 0 Å². The molecule has 24 heavy (non-hydrogen) atoms. The van der Waals surface area contributed by atoms with Crippen LogP contribution in [0.25, 0.3) is 6.08 Å². The second-order valence-corrected chi connectivity index (χ2v) is 5.60. The van der Waals surface area contributed by atoms with Gasteiger partial charge in [0.1, 0.15) is 6.61 Å². The van der Waals surface area contributed by atoms with Gasteiger partial charge in [-0.1, -0.05) is 26.3 Å². The van der Waals surface area contributed by atoms with Gasteiger partial charge in [0, 0.05) is 6.42 Å². The highest BCUT2D eigenvalue weighted by Gasteiger charge is 2.12. The molecule has 134 valence electrons. The summed E-state index contributed by atoms with van der Waals surface area (Å²) in [6, 6.07) is 3.67. The molecule has 0 aliphatic carbocycles. The highest BCUT2D eigenvalue weighted by Crippen LogP contribution is 2.38. The zero-order valence-corrected chi connectivity index (χ0v) is 15.3. The van der Waals surface area contributed by atoms with Gasteiger partial charge in [-0.25, -0.2) is 0 Å². The summed E-state index contributed by atoms with van der Waals surface area (Å²) in [5.74, 6) is 2.11. The lowest BCUT2D eigenvalue weighted by Gasteiger charge is -2.12. The van der Waals surface area contributed by atoms with E-state index in [9.17, 15) is 4.79 Å². The summed E-state index contributed by atoms with van der Waals surface area (Å²) in [4.78, 5) is 11.6. The fourth-order valence-electron chi connectivity index (χ4n) is 2.16. The standard InChI is InChI=1S/C19H28O5/c1-6-14(2)9-10-18(20)24-11-7-8-15-12-16(21-3)19(23-5)17(13-15)22-4/h7-8,12-14H,6,9-11H2,1-5H3/b8-7+. The number of rotatable bonds is 10. The average Bonchev–Trinajstić information content (AvgIpc) is 2.61. The summed E-state index contributed by atoms with van der Waals surface area (Å²) in [5.41, 5.74) is 0.875. The van der Waals surface area contributed by atoms with Crippen LogP contribution in [0.5, 0.6) is 17.2 Å². The first-order valence-electron chi connectivity index (χ1n) is 8.17. The van der Waals surface area contributed by atoms with E-state index in [2.05, 4.69) is 13.8 Å². The summed E-state index contributed by atoms with van der Waals surface area (Å²) in [6.45, 7) is 4.50. The number of ether oxygens (including phenoxy) is 4. The maximum absolute atomic E-state index is 11.6. The Balaban J connectivity index is 2.60. The van der Waals surface area contributed by atoms with Gasteiger partial charge in [0.05, 0.1) is 21.3 Å². The topological polar surface area (TPSA) is 54.0 Å². The van der Waals surface area contributed by atoms with E-state index in [1.54, 1.807) is 27.4 Å². The third-order valence-electron chi connectivity index (χ3n) is 3.88. The summed E-state index contributed by atoms with van der Waals surface area (Å²) < 4.78 is 21.1. The van der Waals surface area contributed by atoms with Crippen molar-refractivity contribution < 1.29 is 23.7 Å². The Hall–Kier alpha value is -2.17. The van der Waals surface area contributed by atoms with Crippen LogP contribution in [0, 0.1) is 5.92 Å². The van der Waals surface area contributed by atoms with E-state index in [1.807, 2.05) is 18.2 Å². The number of hydrogen-bond donors (Lipinski definition) is 0. The monoisotopic (exact) mass is 336 g/mol. The molecule has 5 heteroatoms. The fraction of sp³-hybridized carbons (Fsp3) is 0.526. The van der Waals surface area contributed by atoms with E-state index >= 15 is 0 Å². The molecule has 0 bridgehead atoms.